The van der Waals surface area contributed by atoms with Crippen LogP contribution in [0.3, 0.4) is 0 Å². The number of alkyl carbamates (subject to hydrolysis) is 2. The zero-order chi connectivity index (χ0) is 48.4. The number of benzene rings is 2. The van der Waals surface area contributed by atoms with Gasteiger partial charge in [0.1, 0.15) is 30.3 Å². The van der Waals surface area contributed by atoms with Gasteiger partial charge < -0.3 is 41.0 Å². The van der Waals surface area contributed by atoms with Crippen LogP contribution in [0.1, 0.15) is 112 Å². The molecule has 4 rings (SSSR count). The third kappa shape index (κ3) is 18.1. The van der Waals surface area contributed by atoms with Crippen molar-refractivity contribution in [1.29, 1.82) is 0 Å². The molecule has 2 aromatic carbocycles. The quantitative estimate of drug-likeness (QED) is 0.0683. The van der Waals surface area contributed by atoms with E-state index in [1.54, 1.807) is 39.5 Å². The standard InChI is InChI=1S/C50H73N7O8S/c1-32(2)28-40(54-49(63)65-50(7,8)9)34(5)29-38(30-36-18-12-10-13-19-36)46(61)57-27-17-23-41(57)44(59)55-42(33(3)4)45(60)53-39(43(58)56-47-51-26-24-35(6)66-47)22-16-25-52-48(62)64-31-37-20-14-11-15-21-37/h10-15,18-21,29,32-33,35,38-42H,16-17,22-28,30-31H2,1-9H3,(H,52,62)(H,53,60)(H,54,63)(H,55,59)(H,51,56,58)/t35?,38-,39+,40+,41+,42+/m1/s1. The van der Waals surface area contributed by atoms with Gasteiger partial charge in [-0.15, -0.1) is 0 Å². The Bertz CT molecular complexity index is 1990. The lowest BCUT2D eigenvalue weighted by Crippen LogP contribution is -2.58. The fourth-order valence-corrected chi connectivity index (χ4v) is 8.73. The molecule has 362 valence electrons. The second kappa shape index (κ2) is 26.1. The molecule has 5 N–H and O–H groups in total. The summed E-state index contributed by atoms with van der Waals surface area (Å²) in [5.41, 5.74) is 1.91. The summed E-state index contributed by atoms with van der Waals surface area (Å²) in [6, 6.07) is 15.7. The Labute approximate surface area is 395 Å². The van der Waals surface area contributed by atoms with E-state index in [1.165, 1.54) is 11.8 Å². The van der Waals surface area contributed by atoms with Crippen LogP contribution in [0.4, 0.5) is 9.59 Å². The van der Waals surface area contributed by atoms with Gasteiger partial charge >= 0.3 is 12.2 Å². The number of ether oxygens (including phenoxy) is 2. The lowest BCUT2D eigenvalue weighted by atomic mass is 9.91. The number of nitrogens with one attached hydrogen (secondary N) is 5. The summed E-state index contributed by atoms with van der Waals surface area (Å²) in [6.45, 7) is 18.4. The van der Waals surface area contributed by atoms with E-state index in [9.17, 15) is 28.8 Å². The average molecular weight is 932 g/mol. The highest BCUT2D eigenvalue weighted by Crippen LogP contribution is 2.26. The van der Waals surface area contributed by atoms with Crippen molar-refractivity contribution in [3.05, 3.63) is 83.4 Å². The molecule has 6 amide bonds. The predicted octanol–water partition coefficient (Wildman–Crippen LogP) is 7.05. The summed E-state index contributed by atoms with van der Waals surface area (Å²) >= 11 is 1.45. The minimum Gasteiger partial charge on any atom is -0.445 e. The minimum atomic E-state index is -1.03. The molecular weight excluding hydrogens is 859 g/mol. The zero-order valence-electron chi connectivity index (χ0n) is 40.3. The maximum Gasteiger partial charge on any atom is 0.408 e. The normalized spacial score (nSPS) is 18.3. The first kappa shape index (κ1) is 53.2. The van der Waals surface area contributed by atoms with Crippen molar-refractivity contribution >= 4 is 52.7 Å². The van der Waals surface area contributed by atoms with Crippen LogP contribution in [0.25, 0.3) is 0 Å². The predicted molar refractivity (Wildman–Crippen MR) is 259 cm³/mol. The number of aliphatic imine (C=N–C) groups is 1. The van der Waals surface area contributed by atoms with E-state index in [2.05, 4.69) is 52.3 Å². The van der Waals surface area contributed by atoms with Crippen LogP contribution in [0.15, 0.2) is 77.3 Å². The first-order chi connectivity index (χ1) is 31.3. The van der Waals surface area contributed by atoms with Gasteiger partial charge in [0, 0.05) is 24.9 Å². The highest BCUT2D eigenvalue weighted by atomic mass is 32.2. The largest absolute Gasteiger partial charge is 0.445 e. The molecular formula is C50H73N7O8S. The summed E-state index contributed by atoms with van der Waals surface area (Å²) in [4.78, 5) is 88.3. The van der Waals surface area contributed by atoms with Gasteiger partial charge in [-0.05, 0) is 95.6 Å². The molecule has 0 aliphatic carbocycles. The number of amides is 6. The number of hydrogen-bond donors (Lipinski definition) is 5. The van der Waals surface area contributed by atoms with Crippen molar-refractivity contribution in [3.8, 4) is 0 Å². The van der Waals surface area contributed by atoms with Gasteiger partial charge in [0.15, 0.2) is 5.17 Å². The van der Waals surface area contributed by atoms with Gasteiger partial charge in [0.2, 0.25) is 23.6 Å². The van der Waals surface area contributed by atoms with E-state index < -0.39 is 65.6 Å². The van der Waals surface area contributed by atoms with E-state index in [0.717, 1.165) is 23.1 Å². The van der Waals surface area contributed by atoms with Gasteiger partial charge in [-0.3, -0.25) is 24.2 Å². The first-order valence-electron chi connectivity index (χ1n) is 23.4. The molecule has 2 aromatic rings. The van der Waals surface area contributed by atoms with Crippen molar-refractivity contribution in [2.24, 2.45) is 22.7 Å². The van der Waals surface area contributed by atoms with Gasteiger partial charge in [0.25, 0.3) is 0 Å². The molecule has 1 fully saturated rings. The van der Waals surface area contributed by atoms with Gasteiger partial charge in [-0.25, -0.2) is 9.59 Å². The molecule has 6 atom stereocenters. The highest BCUT2D eigenvalue weighted by molar-refractivity contribution is 8.14. The smallest absolute Gasteiger partial charge is 0.408 e. The Morgan fingerprint density at radius 3 is 2.15 bits per heavy atom. The number of carbonyl (C=O) groups excluding carboxylic acids is 6. The molecule has 2 aliphatic rings. The molecule has 1 saturated heterocycles. The molecule has 0 spiro atoms. The molecule has 66 heavy (non-hydrogen) atoms. The van der Waals surface area contributed by atoms with E-state index in [0.29, 0.717) is 50.4 Å². The van der Waals surface area contributed by atoms with Crippen LogP contribution in [0, 0.1) is 17.8 Å². The second-order valence-corrected chi connectivity index (χ2v) is 20.5. The Morgan fingerprint density at radius 2 is 1.53 bits per heavy atom. The van der Waals surface area contributed by atoms with Crippen LogP contribution in [0.2, 0.25) is 0 Å². The van der Waals surface area contributed by atoms with E-state index >= 15 is 0 Å². The maximum atomic E-state index is 14.7. The van der Waals surface area contributed by atoms with Gasteiger partial charge in [-0.2, -0.15) is 0 Å². The summed E-state index contributed by atoms with van der Waals surface area (Å²) in [5.74, 6) is -2.50. The average Bonchev–Trinajstić information content (AvgIpc) is 3.75. The molecule has 1 unspecified atom stereocenters. The molecule has 15 nitrogen and oxygen atoms in total. The molecule has 16 heteroatoms. The molecule has 0 bridgehead atoms. The Balaban J connectivity index is 1.49. The van der Waals surface area contributed by atoms with E-state index in [4.69, 9.17) is 9.47 Å². The number of rotatable bonds is 20. The molecule has 0 radical (unpaired) electrons. The lowest BCUT2D eigenvalue weighted by molar-refractivity contribution is -0.141. The van der Waals surface area contributed by atoms with Gasteiger partial charge in [-0.1, -0.05) is 119 Å². The Kier molecular flexibility index (Phi) is 21.0. The maximum absolute atomic E-state index is 14.7. The number of likely N-dealkylation sites (tertiary alicyclic amines) is 1. The van der Waals surface area contributed by atoms with Crippen LogP contribution in [-0.2, 0) is 41.7 Å². The number of nitrogens with zero attached hydrogens (tertiary/aromatic N) is 2. The van der Waals surface area contributed by atoms with Crippen molar-refractivity contribution in [2.45, 2.75) is 149 Å². The number of amidine groups is 1. The fourth-order valence-electron chi connectivity index (χ4n) is 7.80. The van der Waals surface area contributed by atoms with Crippen molar-refractivity contribution < 1.29 is 38.2 Å². The van der Waals surface area contributed by atoms with Crippen LogP contribution in [-0.4, -0.2) is 101 Å². The van der Waals surface area contributed by atoms with Crippen LogP contribution in [0.5, 0.6) is 0 Å². The molecule has 2 heterocycles. The summed E-state index contributed by atoms with van der Waals surface area (Å²) in [5, 5.41) is 15.2. The molecule has 2 aliphatic heterocycles. The van der Waals surface area contributed by atoms with Gasteiger partial charge in [0.05, 0.1) is 12.0 Å². The highest BCUT2D eigenvalue weighted by Gasteiger charge is 2.39. The number of carbonyl (C=O) groups is 6. The molecule has 0 aromatic heterocycles. The van der Waals surface area contributed by atoms with Crippen molar-refractivity contribution in [1.82, 2.24) is 31.5 Å². The third-order valence-electron chi connectivity index (χ3n) is 11.2. The minimum absolute atomic E-state index is 0.111. The van der Waals surface area contributed by atoms with Crippen LogP contribution >= 0.6 is 11.8 Å². The third-order valence-corrected chi connectivity index (χ3v) is 12.3. The van der Waals surface area contributed by atoms with E-state index in [1.807, 2.05) is 73.7 Å². The van der Waals surface area contributed by atoms with Crippen molar-refractivity contribution in [2.75, 3.05) is 19.6 Å². The lowest BCUT2D eigenvalue weighted by Gasteiger charge is -2.31. The topological polar surface area (TPSA) is 197 Å². The Hall–Kier alpha value is -5.38. The number of hydrogen-bond acceptors (Lipinski definition) is 10. The number of thioether (sulfide) groups is 1. The second-order valence-electron chi connectivity index (χ2n) is 19.0. The SMILES string of the molecule is CC(=C[C@H](Cc1ccccc1)C(=O)N1CCC[C@H]1C(=O)N[C@H](C(=O)N[C@@H](CCCNC(=O)OCc1ccccc1)C(=O)NC1=NCCC(C)S1)C(C)C)[C@H](CC(C)C)NC(=O)OC(C)(C)C. The first-order valence-corrected chi connectivity index (χ1v) is 24.3. The fraction of sp³-hybridized carbons (Fsp3) is 0.580. The summed E-state index contributed by atoms with van der Waals surface area (Å²) < 4.78 is 10.9. The summed E-state index contributed by atoms with van der Waals surface area (Å²) in [6.07, 6.45) is 4.15. The summed E-state index contributed by atoms with van der Waals surface area (Å²) in [7, 11) is 0. The van der Waals surface area contributed by atoms with Crippen LogP contribution < -0.4 is 26.6 Å². The van der Waals surface area contributed by atoms with Crippen molar-refractivity contribution in [3.63, 3.8) is 0 Å². The zero-order valence-corrected chi connectivity index (χ0v) is 41.1. The monoisotopic (exact) mass is 932 g/mol. The van der Waals surface area contributed by atoms with E-state index in [-0.39, 0.29) is 42.6 Å². The Morgan fingerprint density at radius 1 is 0.864 bits per heavy atom. The molecule has 0 saturated carbocycles.